The second-order valence-electron chi connectivity index (χ2n) is 12.2. The number of amides is 2. The smallest absolute Gasteiger partial charge is 0.220 e. The Labute approximate surface area is 274 Å². The third-order valence-electron chi connectivity index (χ3n) is 8.27. The van der Waals surface area contributed by atoms with E-state index in [1.165, 1.54) is 6.92 Å². The van der Waals surface area contributed by atoms with Crippen LogP contribution in [0, 0.1) is 0 Å². The summed E-state index contributed by atoms with van der Waals surface area (Å²) >= 11 is 0. The van der Waals surface area contributed by atoms with Gasteiger partial charge in [-0.05, 0) is 51.9 Å². The predicted octanol–water partition coefficient (Wildman–Crippen LogP) is -3.64. The van der Waals surface area contributed by atoms with Crippen molar-refractivity contribution in [2.45, 2.75) is 125 Å². The number of carbonyl (C=O) groups excluding carboxylic acids is 3. The van der Waals surface area contributed by atoms with Crippen LogP contribution in [-0.2, 0) is 33.3 Å². The van der Waals surface area contributed by atoms with Crippen LogP contribution in [0.4, 0.5) is 0 Å². The van der Waals surface area contributed by atoms with Crippen molar-refractivity contribution in [3.63, 3.8) is 0 Å². The summed E-state index contributed by atoms with van der Waals surface area (Å²) in [4.78, 5) is 36.5. The molecule has 0 aromatic carbocycles. The Bertz CT molecular complexity index is 943. The van der Waals surface area contributed by atoms with E-state index in [1.54, 1.807) is 0 Å². The van der Waals surface area contributed by atoms with Crippen LogP contribution in [0.5, 0.6) is 0 Å². The topological polar surface area (TPSA) is 274 Å². The van der Waals surface area contributed by atoms with E-state index in [2.05, 4.69) is 10.6 Å². The summed E-state index contributed by atoms with van der Waals surface area (Å²) in [6.07, 6.45) is -6.81. The van der Waals surface area contributed by atoms with E-state index < -0.39 is 73.9 Å². The van der Waals surface area contributed by atoms with Gasteiger partial charge in [0, 0.05) is 32.6 Å². The van der Waals surface area contributed by atoms with Crippen molar-refractivity contribution in [1.29, 1.82) is 0 Å². The summed E-state index contributed by atoms with van der Waals surface area (Å²) in [6, 6.07) is -0.644. The molecule has 2 aliphatic rings. The van der Waals surface area contributed by atoms with Gasteiger partial charge < -0.3 is 70.4 Å². The summed E-state index contributed by atoms with van der Waals surface area (Å²) in [6.45, 7) is 0.452. The first-order valence-electron chi connectivity index (χ1n) is 16.2. The Morgan fingerprint density at radius 2 is 1.49 bits per heavy atom. The molecule has 0 aliphatic carbocycles. The van der Waals surface area contributed by atoms with Crippen LogP contribution in [0.1, 0.15) is 64.7 Å². The summed E-state index contributed by atoms with van der Waals surface area (Å²) < 4.78 is 21.2. The molecule has 10 unspecified atom stereocenters. The highest BCUT2D eigenvalue weighted by Crippen LogP contribution is 2.25. The lowest BCUT2D eigenvalue weighted by Crippen LogP contribution is -2.63. The first-order valence-corrected chi connectivity index (χ1v) is 16.2. The second kappa shape index (κ2) is 21.3. The first kappa shape index (κ1) is 41.3. The fourth-order valence-corrected chi connectivity index (χ4v) is 5.21. The minimum Gasteiger partial charge on any atom is -0.394 e. The average Bonchev–Trinajstić information content (AvgIpc) is 3.04. The molecule has 2 saturated heterocycles. The lowest BCUT2D eigenvalue weighted by atomic mass is 9.89. The molecule has 274 valence electrons. The quantitative estimate of drug-likeness (QED) is 0.0494. The zero-order valence-corrected chi connectivity index (χ0v) is 26.9. The molecule has 0 aromatic heterocycles. The maximum Gasteiger partial charge on any atom is 0.220 e. The largest absolute Gasteiger partial charge is 0.394 e. The number of Topliss-reactive ketones (excluding diaryl/α,β-unsaturated/α-hetero) is 1. The van der Waals surface area contributed by atoms with Gasteiger partial charge in [-0.25, -0.2) is 0 Å². The number of ether oxygens (including phenoxy) is 4. The Kier molecular flexibility index (Phi) is 18.7. The molecule has 0 aromatic rings. The van der Waals surface area contributed by atoms with Gasteiger partial charge in [-0.2, -0.15) is 0 Å². The lowest BCUT2D eigenvalue weighted by molar-refractivity contribution is -0.301. The molecule has 17 nitrogen and oxygen atoms in total. The molecule has 2 rings (SSSR count). The van der Waals surface area contributed by atoms with E-state index in [1.807, 2.05) is 0 Å². The minimum absolute atomic E-state index is 0.131. The van der Waals surface area contributed by atoms with Crippen molar-refractivity contribution in [3.8, 4) is 0 Å². The van der Waals surface area contributed by atoms with Crippen molar-refractivity contribution in [2.75, 3.05) is 46.2 Å². The molecular formula is C30H54N2O15. The SMILES string of the molecule is CC(=O)C(CCCCNC(=O)CCCCOC1OC(CO)C(O)C(O)C1O)NC(=O)CCCCOCC1(O)COC(CO)C(O)C1O. The van der Waals surface area contributed by atoms with Crippen LogP contribution in [0.3, 0.4) is 0 Å². The van der Waals surface area contributed by atoms with Gasteiger partial charge in [-0.1, -0.05) is 0 Å². The number of carbonyl (C=O) groups is 3. The van der Waals surface area contributed by atoms with Crippen molar-refractivity contribution >= 4 is 17.6 Å². The number of hydrogen-bond donors (Lipinski definition) is 10. The van der Waals surface area contributed by atoms with Gasteiger partial charge in [-0.3, -0.25) is 14.4 Å². The van der Waals surface area contributed by atoms with Crippen molar-refractivity contribution in [2.24, 2.45) is 0 Å². The summed E-state index contributed by atoms with van der Waals surface area (Å²) in [5.41, 5.74) is -1.82. The molecule has 2 amide bonds. The van der Waals surface area contributed by atoms with Gasteiger partial charge in [0.05, 0.1) is 32.5 Å². The first-order chi connectivity index (χ1) is 22.3. The molecule has 2 fully saturated rings. The van der Waals surface area contributed by atoms with Gasteiger partial charge in [0.15, 0.2) is 12.1 Å². The predicted molar refractivity (Wildman–Crippen MR) is 162 cm³/mol. The number of aliphatic hydroxyl groups is 8. The number of nitrogens with one attached hydrogen (secondary N) is 2. The lowest BCUT2D eigenvalue weighted by Gasteiger charge is -2.42. The van der Waals surface area contributed by atoms with Crippen LogP contribution in [-0.4, -0.2) is 165 Å². The molecule has 0 spiro atoms. The molecule has 10 atom stereocenters. The van der Waals surface area contributed by atoms with Gasteiger partial charge >= 0.3 is 0 Å². The van der Waals surface area contributed by atoms with E-state index in [0.717, 1.165) is 0 Å². The zero-order chi connectivity index (χ0) is 35.0. The van der Waals surface area contributed by atoms with Gasteiger partial charge in [0.25, 0.3) is 0 Å². The Morgan fingerprint density at radius 3 is 2.15 bits per heavy atom. The molecule has 2 aliphatic heterocycles. The number of unbranched alkanes of at least 4 members (excludes halogenated alkanes) is 3. The summed E-state index contributed by atoms with van der Waals surface area (Å²) in [5.74, 6) is -0.630. The number of rotatable bonds is 22. The molecule has 2 heterocycles. The van der Waals surface area contributed by atoms with Gasteiger partial charge in [0.1, 0.15) is 48.3 Å². The maximum absolute atomic E-state index is 12.4. The molecule has 0 saturated carbocycles. The molecular weight excluding hydrogens is 628 g/mol. The van der Waals surface area contributed by atoms with Crippen molar-refractivity contribution in [3.05, 3.63) is 0 Å². The number of hydrogen-bond acceptors (Lipinski definition) is 15. The van der Waals surface area contributed by atoms with Crippen LogP contribution >= 0.6 is 0 Å². The van der Waals surface area contributed by atoms with Crippen molar-refractivity contribution in [1.82, 2.24) is 10.6 Å². The molecule has 10 N–H and O–H groups in total. The van der Waals surface area contributed by atoms with Crippen LogP contribution in [0.2, 0.25) is 0 Å². The monoisotopic (exact) mass is 682 g/mol. The Morgan fingerprint density at radius 1 is 0.830 bits per heavy atom. The zero-order valence-electron chi connectivity index (χ0n) is 26.9. The third kappa shape index (κ3) is 13.5. The fourth-order valence-electron chi connectivity index (χ4n) is 5.21. The molecule has 0 radical (unpaired) electrons. The fraction of sp³-hybridized carbons (Fsp3) is 0.900. The normalized spacial score (nSPS) is 31.7. The molecule has 47 heavy (non-hydrogen) atoms. The third-order valence-corrected chi connectivity index (χ3v) is 8.27. The maximum atomic E-state index is 12.4. The van der Waals surface area contributed by atoms with E-state index in [-0.39, 0.29) is 56.9 Å². The molecule has 17 heteroatoms. The number of aliphatic hydroxyl groups excluding tert-OH is 7. The Balaban J connectivity index is 1.51. The van der Waals surface area contributed by atoms with E-state index >= 15 is 0 Å². The Hall–Kier alpha value is -1.87. The van der Waals surface area contributed by atoms with Crippen LogP contribution < -0.4 is 10.6 Å². The van der Waals surface area contributed by atoms with Crippen LogP contribution in [0.15, 0.2) is 0 Å². The van der Waals surface area contributed by atoms with Gasteiger partial charge in [-0.15, -0.1) is 0 Å². The van der Waals surface area contributed by atoms with Crippen LogP contribution in [0.25, 0.3) is 0 Å². The van der Waals surface area contributed by atoms with E-state index in [9.17, 15) is 50.1 Å². The molecule has 0 bridgehead atoms. The van der Waals surface area contributed by atoms with Gasteiger partial charge in [0.2, 0.25) is 11.8 Å². The van der Waals surface area contributed by atoms with Crippen molar-refractivity contribution < 1.29 is 74.2 Å². The summed E-state index contributed by atoms with van der Waals surface area (Å²) in [5, 5.41) is 84.0. The standard InChI is InChI=1S/C30H54N2O15/c1-18(35)19(32-23(37)10-3-6-12-44-16-30(43)17-46-20(14-33)25(39)28(30)42)8-2-5-11-31-22(36)9-4-7-13-45-29-27(41)26(40)24(38)21(15-34)47-29/h19-21,24-29,33-34,38-43H,2-17H2,1H3,(H,31,36)(H,32,37). The van der Waals surface area contributed by atoms with E-state index in [0.29, 0.717) is 51.5 Å². The minimum atomic E-state index is -1.82. The highest BCUT2D eigenvalue weighted by atomic mass is 16.7. The highest BCUT2D eigenvalue weighted by Gasteiger charge is 2.48. The number of ketones is 1. The average molecular weight is 683 g/mol. The summed E-state index contributed by atoms with van der Waals surface area (Å²) in [7, 11) is 0. The highest BCUT2D eigenvalue weighted by molar-refractivity contribution is 5.87. The van der Waals surface area contributed by atoms with E-state index in [4.69, 9.17) is 24.1 Å². The second-order valence-corrected chi connectivity index (χ2v) is 12.2.